The van der Waals surface area contributed by atoms with E-state index in [2.05, 4.69) is 19.9 Å². The van der Waals surface area contributed by atoms with Gasteiger partial charge in [-0.1, -0.05) is 11.6 Å². The average Bonchev–Trinajstić information content (AvgIpc) is 2.40. The van der Waals surface area contributed by atoms with Gasteiger partial charge in [0.1, 0.15) is 11.5 Å². The van der Waals surface area contributed by atoms with Crippen LogP contribution in [0.3, 0.4) is 0 Å². The summed E-state index contributed by atoms with van der Waals surface area (Å²) >= 11 is 0. The van der Waals surface area contributed by atoms with Crippen molar-refractivity contribution in [3.05, 3.63) is 34.9 Å². The molecule has 1 heterocycles. The summed E-state index contributed by atoms with van der Waals surface area (Å²) in [6.45, 7) is 5.05. The number of methoxy groups -OCH3 is 1. The Morgan fingerprint density at radius 1 is 1.18 bits per heavy atom. The predicted octanol–water partition coefficient (Wildman–Crippen LogP) is 3.67. The van der Waals surface area contributed by atoms with Crippen LogP contribution in [0.4, 0.5) is 0 Å². The zero-order chi connectivity index (χ0) is 12.3. The fourth-order valence-corrected chi connectivity index (χ4v) is 2.26. The van der Waals surface area contributed by atoms with Gasteiger partial charge >= 0.3 is 0 Å². The first kappa shape index (κ1) is 12.0. The largest absolute Gasteiger partial charge is 0.496 e. The number of allylic oxidation sites excluding steroid dienone is 1. The summed E-state index contributed by atoms with van der Waals surface area (Å²) in [6.07, 6.45) is 5.44. The average molecular weight is 232 g/mol. The van der Waals surface area contributed by atoms with E-state index in [1.165, 1.54) is 16.7 Å². The summed E-state index contributed by atoms with van der Waals surface area (Å²) in [5.41, 5.74) is 3.91. The summed E-state index contributed by atoms with van der Waals surface area (Å²) in [5, 5.41) is 0. The fraction of sp³-hybridized carbons (Fsp3) is 0.467. The lowest BCUT2D eigenvalue weighted by atomic mass is 10.0. The third-order valence-electron chi connectivity index (χ3n) is 3.37. The van der Waals surface area contributed by atoms with Crippen LogP contribution in [0.25, 0.3) is 0 Å². The second-order valence-corrected chi connectivity index (χ2v) is 4.56. The van der Waals surface area contributed by atoms with Crippen LogP contribution in [0.2, 0.25) is 0 Å². The highest BCUT2D eigenvalue weighted by atomic mass is 16.5. The highest BCUT2D eigenvalue weighted by molar-refractivity contribution is 5.48. The van der Waals surface area contributed by atoms with Gasteiger partial charge in [-0.3, -0.25) is 0 Å². The Hall–Kier alpha value is -1.44. The number of fused-ring (bicyclic) bond motifs is 1. The second-order valence-electron chi connectivity index (χ2n) is 4.56. The summed E-state index contributed by atoms with van der Waals surface area (Å²) in [5.74, 6) is 1.97. The van der Waals surface area contributed by atoms with Crippen LogP contribution in [0, 0.1) is 6.92 Å². The molecule has 0 spiro atoms. The maximum absolute atomic E-state index is 5.86. The van der Waals surface area contributed by atoms with E-state index < -0.39 is 0 Å². The van der Waals surface area contributed by atoms with Crippen molar-refractivity contribution in [3.8, 4) is 11.5 Å². The van der Waals surface area contributed by atoms with Gasteiger partial charge in [-0.2, -0.15) is 0 Å². The van der Waals surface area contributed by atoms with Crippen LogP contribution in [0.5, 0.6) is 11.5 Å². The van der Waals surface area contributed by atoms with E-state index in [0.29, 0.717) is 0 Å². The molecule has 0 radical (unpaired) electrons. The van der Waals surface area contributed by atoms with E-state index in [0.717, 1.165) is 37.4 Å². The molecule has 92 valence electrons. The van der Waals surface area contributed by atoms with Crippen LogP contribution >= 0.6 is 0 Å². The fourth-order valence-electron chi connectivity index (χ4n) is 2.26. The summed E-state index contributed by atoms with van der Waals surface area (Å²) < 4.78 is 11.2. The number of hydrogen-bond acceptors (Lipinski definition) is 2. The van der Waals surface area contributed by atoms with Gasteiger partial charge in [0.05, 0.1) is 13.7 Å². The minimum Gasteiger partial charge on any atom is -0.496 e. The molecule has 2 heteroatoms. The monoisotopic (exact) mass is 232 g/mol. The first-order valence-electron chi connectivity index (χ1n) is 6.17. The summed E-state index contributed by atoms with van der Waals surface area (Å²) in [6, 6.07) is 4.02. The molecule has 0 amide bonds. The van der Waals surface area contributed by atoms with Gasteiger partial charge in [0.15, 0.2) is 0 Å². The van der Waals surface area contributed by atoms with Gasteiger partial charge in [0, 0.05) is 12.0 Å². The molecule has 1 aliphatic rings. The Bertz CT molecular complexity index is 433. The Morgan fingerprint density at radius 2 is 2.00 bits per heavy atom. The maximum atomic E-state index is 5.86. The Balaban J connectivity index is 2.35. The lowest BCUT2D eigenvalue weighted by Gasteiger charge is -2.15. The van der Waals surface area contributed by atoms with E-state index in [9.17, 15) is 0 Å². The molecule has 17 heavy (non-hydrogen) atoms. The van der Waals surface area contributed by atoms with Crippen LogP contribution in [-0.4, -0.2) is 13.7 Å². The zero-order valence-corrected chi connectivity index (χ0v) is 10.9. The minimum atomic E-state index is 0.765. The molecule has 0 unspecified atom stereocenters. The predicted molar refractivity (Wildman–Crippen MR) is 69.9 cm³/mol. The van der Waals surface area contributed by atoms with Gasteiger partial charge < -0.3 is 9.47 Å². The third-order valence-corrected chi connectivity index (χ3v) is 3.37. The van der Waals surface area contributed by atoms with Crippen LogP contribution < -0.4 is 9.47 Å². The van der Waals surface area contributed by atoms with Gasteiger partial charge in [-0.05, 0) is 44.4 Å². The smallest absolute Gasteiger partial charge is 0.123 e. The van der Waals surface area contributed by atoms with E-state index in [4.69, 9.17) is 9.47 Å². The third kappa shape index (κ3) is 2.63. The molecule has 2 nitrogen and oxygen atoms in total. The van der Waals surface area contributed by atoms with Crippen LogP contribution in [0.15, 0.2) is 23.8 Å². The second kappa shape index (κ2) is 5.26. The van der Waals surface area contributed by atoms with Crippen molar-refractivity contribution < 1.29 is 9.47 Å². The number of benzene rings is 1. The van der Waals surface area contributed by atoms with Crippen LogP contribution in [-0.2, 0) is 6.42 Å². The number of rotatable bonds is 1. The van der Waals surface area contributed by atoms with Crippen molar-refractivity contribution in [2.45, 2.75) is 33.1 Å². The molecular weight excluding hydrogens is 212 g/mol. The highest BCUT2D eigenvalue weighted by Gasteiger charge is 2.12. The molecule has 0 N–H and O–H groups in total. The van der Waals surface area contributed by atoms with E-state index in [1.807, 2.05) is 12.1 Å². The lowest BCUT2D eigenvalue weighted by molar-refractivity contribution is 0.318. The maximum Gasteiger partial charge on any atom is 0.123 e. The van der Waals surface area contributed by atoms with Crippen molar-refractivity contribution in [1.82, 2.24) is 0 Å². The molecule has 0 saturated carbocycles. The van der Waals surface area contributed by atoms with Crippen molar-refractivity contribution >= 4 is 0 Å². The topological polar surface area (TPSA) is 18.5 Å². The molecule has 0 atom stereocenters. The lowest BCUT2D eigenvalue weighted by Crippen LogP contribution is -2.02. The first-order chi connectivity index (χ1) is 8.22. The van der Waals surface area contributed by atoms with E-state index in [-0.39, 0.29) is 0 Å². The first-order valence-corrected chi connectivity index (χ1v) is 6.17. The Kier molecular flexibility index (Phi) is 3.72. The number of hydrogen-bond donors (Lipinski definition) is 0. The number of ether oxygens (including phenoxy) is 2. The van der Waals surface area contributed by atoms with Crippen LogP contribution in [0.1, 0.15) is 30.9 Å². The standard InChI is InChI=1S/C15H20O2/c1-11-5-4-6-13-12(2)14(16-3)7-8-15(13)17-10-9-11/h5,7-8H,4,6,9-10H2,1-3H3. The summed E-state index contributed by atoms with van der Waals surface area (Å²) in [4.78, 5) is 0. The van der Waals surface area contributed by atoms with E-state index in [1.54, 1.807) is 7.11 Å². The Morgan fingerprint density at radius 3 is 2.76 bits per heavy atom. The SMILES string of the molecule is COc1ccc2c(c1C)CCC=C(C)CCO2. The molecule has 0 fully saturated rings. The Labute approximate surface area is 103 Å². The zero-order valence-electron chi connectivity index (χ0n) is 10.9. The summed E-state index contributed by atoms with van der Waals surface area (Å²) in [7, 11) is 1.72. The molecule has 0 saturated heterocycles. The minimum absolute atomic E-state index is 0.765. The van der Waals surface area contributed by atoms with Gasteiger partial charge in [-0.25, -0.2) is 0 Å². The molecule has 0 aliphatic carbocycles. The van der Waals surface area contributed by atoms with Gasteiger partial charge in [-0.15, -0.1) is 0 Å². The molecule has 0 aromatic heterocycles. The molecule has 1 aromatic rings. The van der Waals surface area contributed by atoms with Gasteiger partial charge in [0.2, 0.25) is 0 Å². The molecular formula is C15H20O2. The van der Waals surface area contributed by atoms with Gasteiger partial charge in [0.25, 0.3) is 0 Å². The molecule has 0 bridgehead atoms. The van der Waals surface area contributed by atoms with Crippen molar-refractivity contribution in [3.63, 3.8) is 0 Å². The molecule has 1 aromatic carbocycles. The quantitative estimate of drug-likeness (QED) is 0.688. The van der Waals surface area contributed by atoms with Crippen molar-refractivity contribution in [1.29, 1.82) is 0 Å². The molecule has 2 rings (SSSR count). The van der Waals surface area contributed by atoms with Crippen molar-refractivity contribution in [2.75, 3.05) is 13.7 Å². The highest BCUT2D eigenvalue weighted by Crippen LogP contribution is 2.31. The van der Waals surface area contributed by atoms with Crippen molar-refractivity contribution in [2.24, 2.45) is 0 Å². The van der Waals surface area contributed by atoms with E-state index >= 15 is 0 Å². The molecule has 1 aliphatic heterocycles. The normalized spacial score (nSPS) is 15.8.